The fourth-order valence-corrected chi connectivity index (χ4v) is 3.24. The van der Waals surface area contributed by atoms with Crippen molar-refractivity contribution in [1.82, 2.24) is 0 Å². The van der Waals surface area contributed by atoms with Gasteiger partial charge in [0.1, 0.15) is 12.4 Å². The summed E-state index contributed by atoms with van der Waals surface area (Å²) < 4.78 is 5.61. The molecule has 0 aliphatic carbocycles. The summed E-state index contributed by atoms with van der Waals surface area (Å²) in [7, 11) is 0. The Morgan fingerprint density at radius 1 is 1.12 bits per heavy atom. The van der Waals surface area contributed by atoms with Crippen LogP contribution in [0.15, 0.2) is 24.3 Å². The van der Waals surface area contributed by atoms with Gasteiger partial charge in [-0.1, -0.05) is 64.9 Å². The van der Waals surface area contributed by atoms with Crippen LogP contribution in [0.1, 0.15) is 41.0 Å². The van der Waals surface area contributed by atoms with E-state index in [1.165, 1.54) is 18.1 Å². The molecule has 0 saturated carbocycles. The summed E-state index contributed by atoms with van der Waals surface area (Å²) >= 11 is 0. The third-order valence-electron chi connectivity index (χ3n) is 5.61. The second kappa shape index (κ2) is 8.50. The maximum absolute atomic E-state index is 9.54. The van der Waals surface area contributed by atoms with Gasteiger partial charge in [0.05, 0.1) is 6.10 Å². The minimum atomic E-state index is -0.374. The van der Waals surface area contributed by atoms with Crippen LogP contribution in [0.3, 0.4) is 0 Å². The van der Waals surface area contributed by atoms with Gasteiger partial charge in [-0.15, -0.1) is 0 Å². The van der Waals surface area contributed by atoms with Crippen molar-refractivity contribution in [3.05, 3.63) is 24.3 Å². The van der Waals surface area contributed by atoms with Gasteiger partial charge in [0.25, 0.3) is 0 Å². The lowest BCUT2D eigenvalue weighted by Crippen LogP contribution is -2.27. The Morgan fingerprint density at radius 3 is 2.00 bits per heavy atom. The fourth-order valence-electron chi connectivity index (χ4n) is 3.24. The predicted octanol–water partition coefficient (Wildman–Crippen LogP) is 3.02. The SMILES string of the molecule is CC[C@H](O)COc1ccc(B2CC(C)(C)C(C)(C)C2)cc1.O=C=O. The van der Waals surface area contributed by atoms with E-state index in [1.54, 1.807) is 0 Å². The quantitative estimate of drug-likeness (QED) is 0.842. The zero-order valence-electron chi connectivity index (χ0n) is 15.5. The van der Waals surface area contributed by atoms with Gasteiger partial charge in [-0.2, -0.15) is 9.59 Å². The van der Waals surface area contributed by atoms with Crippen LogP contribution in [0.4, 0.5) is 0 Å². The summed E-state index contributed by atoms with van der Waals surface area (Å²) in [5.41, 5.74) is 2.19. The Morgan fingerprint density at radius 2 is 1.58 bits per heavy atom. The van der Waals surface area contributed by atoms with E-state index in [-0.39, 0.29) is 12.3 Å². The molecule has 5 heteroatoms. The van der Waals surface area contributed by atoms with E-state index in [4.69, 9.17) is 14.3 Å². The molecule has 0 spiro atoms. The highest BCUT2D eigenvalue weighted by Crippen LogP contribution is 2.52. The molecule has 1 saturated heterocycles. The van der Waals surface area contributed by atoms with Gasteiger partial charge in [-0.3, -0.25) is 0 Å². The van der Waals surface area contributed by atoms with E-state index in [0.717, 1.165) is 12.2 Å². The Kier molecular flexibility index (Phi) is 7.25. The molecule has 0 bridgehead atoms. The summed E-state index contributed by atoms with van der Waals surface area (Å²) in [6.07, 6.45) is 3.09. The largest absolute Gasteiger partial charge is 0.491 e. The summed E-state index contributed by atoms with van der Waals surface area (Å²) in [6.45, 7) is 12.5. The minimum Gasteiger partial charge on any atom is -0.491 e. The number of aliphatic hydroxyl groups is 1. The first-order valence-corrected chi connectivity index (χ1v) is 8.57. The normalized spacial score (nSPS) is 19.0. The molecule has 1 heterocycles. The van der Waals surface area contributed by atoms with Gasteiger partial charge in [-0.05, 0) is 29.4 Å². The highest BCUT2D eigenvalue weighted by Gasteiger charge is 2.47. The number of hydrogen-bond acceptors (Lipinski definition) is 4. The van der Waals surface area contributed by atoms with Gasteiger partial charge in [0.2, 0.25) is 0 Å². The van der Waals surface area contributed by atoms with Crippen LogP contribution in [0.2, 0.25) is 12.6 Å². The highest BCUT2D eigenvalue weighted by atomic mass is 16.5. The Bertz CT molecular complexity index is 529. The monoisotopic (exact) mass is 332 g/mol. The lowest BCUT2D eigenvalue weighted by atomic mass is 9.42. The third kappa shape index (κ3) is 5.22. The summed E-state index contributed by atoms with van der Waals surface area (Å²) in [4.78, 5) is 16.2. The van der Waals surface area contributed by atoms with Crippen LogP contribution >= 0.6 is 0 Å². The van der Waals surface area contributed by atoms with E-state index < -0.39 is 0 Å². The van der Waals surface area contributed by atoms with Gasteiger partial charge in [0.15, 0.2) is 6.71 Å². The van der Waals surface area contributed by atoms with Crippen molar-refractivity contribution in [2.24, 2.45) is 10.8 Å². The minimum absolute atomic E-state index is 0.250. The maximum atomic E-state index is 9.54. The second-order valence-corrected chi connectivity index (χ2v) is 7.90. The second-order valence-electron chi connectivity index (χ2n) is 7.90. The predicted molar refractivity (Wildman–Crippen MR) is 95.8 cm³/mol. The molecule has 1 N–H and O–H groups in total. The van der Waals surface area contributed by atoms with E-state index in [2.05, 4.69) is 39.8 Å². The van der Waals surface area contributed by atoms with E-state index in [9.17, 15) is 5.11 Å². The topological polar surface area (TPSA) is 63.6 Å². The molecule has 1 aliphatic heterocycles. The van der Waals surface area contributed by atoms with Crippen LogP contribution in [0, 0.1) is 10.8 Å². The number of benzene rings is 1. The lowest BCUT2D eigenvalue weighted by Gasteiger charge is -2.35. The molecule has 132 valence electrons. The zero-order valence-corrected chi connectivity index (χ0v) is 15.5. The Hall–Kier alpha value is -1.58. The molecular formula is C19H29BO4. The first kappa shape index (κ1) is 20.5. The Labute approximate surface area is 145 Å². The number of ether oxygens (including phenoxy) is 1. The molecule has 24 heavy (non-hydrogen) atoms. The van der Waals surface area contributed by atoms with E-state index in [0.29, 0.717) is 24.1 Å². The molecule has 0 radical (unpaired) electrons. The van der Waals surface area contributed by atoms with Crippen molar-refractivity contribution < 1.29 is 19.4 Å². The number of rotatable bonds is 5. The third-order valence-corrected chi connectivity index (χ3v) is 5.61. The van der Waals surface area contributed by atoms with Crippen molar-refractivity contribution in [2.45, 2.75) is 59.8 Å². The van der Waals surface area contributed by atoms with Crippen molar-refractivity contribution >= 4 is 18.3 Å². The molecule has 1 aromatic rings. The van der Waals surface area contributed by atoms with Gasteiger partial charge in [0, 0.05) is 0 Å². The number of hydrogen-bond donors (Lipinski definition) is 1. The fraction of sp³-hybridized carbons (Fsp3) is 0.632. The maximum Gasteiger partial charge on any atom is 0.373 e. The molecule has 1 atom stereocenters. The van der Waals surface area contributed by atoms with Crippen molar-refractivity contribution in [3.63, 3.8) is 0 Å². The summed E-state index contributed by atoms with van der Waals surface area (Å²) in [5.74, 6) is 0.850. The molecule has 4 nitrogen and oxygen atoms in total. The standard InChI is InChI=1S/C18H29BO2.CO2/c1-6-15(20)11-21-16-9-7-14(8-10-16)19-12-17(2,3)18(4,5)13-19;2-1-3/h7-10,15,20H,6,11-13H2,1-5H3;/t15-;/m0./s1. The Balaban J connectivity index is 0.000000891. The average Bonchev–Trinajstić information content (AvgIpc) is 2.74. The molecule has 1 aromatic carbocycles. The molecule has 0 unspecified atom stereocenters. The van der Waals surface area contributed by atoms with Crippen molar-refractivity contribution in [3.8, 4) is 5.75 Å². The van der Waals surface area contributed by atoms with Crippen molar-refractivity contribution in [2.75, 3.05) is 6.61 Å². The first-order chi connectivity index (χ1) is 11.2. The molecule has 1 fully saturated rings. The van der Waals surface area contributed by atoms with Crippen LogP contribution in [-0.2, 0) is 9.59 Å². The van der Waals surface area contributed by atoms with Crippen LogP contribution in [-0.4, -0.2) is 30.7 Å². The summed E-state index contributed by atoms with van der Waals surface area (Å²) in [6, 6.07) is 8.46. The first-order valence-electron chi connectivity index (χ1n) is 8.57. The van der Waals surface area contributed by atoms with Gasteiger partial charge < -0.3 is 9.84 Å². The molecule has 1 aliphatic rings. The molecule has 2 rings (SSSR count). The zero-order chi connectivity index (χ0) is 18.4. The number of carbonyl (C=O) groups excluding carboxylic acids is 2. The average molecular weight is 332 g/mol. The molecule has 0 amide bonds. The molecular weight excluding hydrogens is 303 g/mol. The van der Waals surface area contributed by atoms with Gasteiger partial charge in [-0.25, -0.2) is 0 Å². The van der Waals surface area contributed by atoms with Crippen molar-refractivity contribution in [1.29, 1.82) is 0 Å². The van der Waals surface area contributed by atoms with Crippen LogP contribution < -0.4 is 10.2 Å². The van der Waals surface area contributed by atoms with Crippen LogP contribution in [0.25, 0.3) is 0 Å². The smallest absolute Gasteiger partial charge is 0.373 e. The summed E-state index contributed by atoms with van der Waals surface area (Å²) in [5, 5.41) is 9.54. The van der Waals surface area contributed by atoms with Gasteiger partial charge >= 0.3 is 6.15 Å². The molecule has 0 aromatic heterocycles. The number of aliphatic hydroxyl groups excluding tert-OH is 1. The van der Waals surface area contributed by atoms with E-state index >= 15 is 0 Å². The highest BCUT2D eigenvalue weighted by molar-refractivity contribution is 6.74. The van der Waals surface area contributed by atoms with Crippen LogP contribution in [0.5, 0.6) is 5.75 Å². The van der Waals surface area contributed by atoms with E-state index in [1.807, 2.05) is 19.1 Å². The lowest BCUT2D eigenvalue weighted by molar-refractivity contribution is -0.191.